The summed E-state index contributed by atoms with van der Waals surface area (Å²) in [5.41, 5.74) is -0.259. The molecule has 3 heterocycles. The third-order valence-corrected chi connectivity index (χ3v) is 13.9. The van der Waals surface area contributed by atoms with Crippen molar-refractivity contribution in [3.63, 3.8) is 0 Å². The average molecular weight is 964 g/mol. The minimum absolute atomic E-state index is 0.0667. The van der Waals surface area contributed by atoms with Crippen molar-refractivity contribution in [1.82, 2.24) is 5.01 Å². The van der Waals surface area contributed by atoms with Crippen LogP contribution in [0.1, 0.15) is 161 Å². The largest absolute Gasteiger partial charge is 0.507 e. The number of ketones is 1. The van der Waals surface area contributed by atoms with Crippen LogP contribution in [0.15, 0.2) is 41.2 Å². The number of rotatable bonds is 18. The van der Waals surface area contributed by atoms with Crippen molar-refractivity contribution in [2.75, 3.05) is 25.5 Å². The number of aliphatic hydroxyl groups is 2. The van der Waals surface area contributed by atoms with Crippen LogP contribution in [-0.2, 0) is 23.8 Å². The summed E-state index contributed by atoms with van der Waals surface area (Å²) in [5, 5.41) is 68.5. The number of benzene rings is 2. The van der Waals surface area contributed by atoms with Crippen molar-refractivity contribution >= 4 is 40.3 Å². The van der Waals surface area contributed by atoms with Crippen molar-refractivity contribution < 1.29 is 58.9 Å². The smallest absolute Gasteiger partial charge is 0.312 e. The van der Waals surface area contributed by atoms with E-state index in [1.165, 1.54) is 65.4 Å². The fourth-order valence-electron chi connectivity index (χ4n) is 9.39. The van der Waals surface area contributed by atoms with E-state index in [0.29, 0.717) is 13.1 Å². The minimum Gasteiger partial charge on any atom is -0.507 e. The Balaban J connectivity index is 1.93. The molecule has 0 fully saturated rings. The third kappa shape index (κ3) is 13.8. The van der Waals surface area contributed by atoms with Crippen LogP contribution < -0.4 is 10.1 Å². The number of esters is 1. The molecule has 6 N–H and O–H groups in total. The maximum atomic E-state index is 14.7. The van der Waals surface area contributed by atoms with Gasteiger partial charge in [0.2, 0.25) is 0 Å². The van der Waals surface area contributed by atoms with E-state index in [1.54, 1.807) is 46.8 Å². The topological polar surface area (TPSA) is 217 Å². The van der Waals surface area contributed by atoms with Crippen molar-refractivity contribution in [2.45, 2.75) is 176 Å². The number of hydrogen-bond acceptors (Lipinski definition) is 14. The molecule has 69 heavy (non-hydrogen) atoms. The van der Waals surface area contributed by atoms with Gasteiger partial charge in [-0.1, -0.05) is 124 Å². The molecule has 0 saturated heterocycles. The number of phenolic OH excluding ortho intramolecular Hbond substituents is 3. The Labute approximate surface area is 409 Å². The predicted octanol–water partition coefficient (Wildman–Crippen LogP) is 10.1. The van der Waals surface area contributed by atoms with Crippen LogP contribution in [0.5, 0.6) is 23.0 Å². The summed E-state index contributed by atoms with van der Waals surface area (Å²) in [5.74, 6) is -8.26. The molecule has 2 aromatic rings. The molecule has 15 nitrogen and oxygen atoms in total. The Kier molecular flexibility index (Phi) is 21.4. The van der Waals surface area contributed by atoms with Crippen molar-refractivity contribution in [3.05, 3.63) is 52.8 Å². The minimum atomic E-state index is -2.05. The Morgan fingerprint density at radius 1 is 0.826 bits per heavy atom. The molecule has 0 spiro atoms. The number of hydrazone groups is 1. The van der Waals surface area contributed by atoms with E-state index in [-0.39, 0.29) is 44.5 Å². The Bertz CT molecular complexity index is 2190. The summed E-state index contributed by atoms with van der Waals surface area (Å²) < 4.78 is 23.9. The van der Waals surface area contributed by atoms with E-state index in [0.717, 1.165) is 64.2 Å². The third-order valence-electron chi connectivity index (χ3n) is 13.9. The molecule has 0 saturated carbocycles. The van der Waals surface area contributed by atoms with Crippen LogP contribution in [0.4, 0.5) is 5.69 Å². The van der Waals surface area contributed by atoms with Gasteiger partial charge in [0.15, 0.2) is 5.75 Å². The molecule has 15 heteroatoms. The van der Waals surface area contributed by atoms with Crippen LogP contribution in [0.3, 0.4) is 0 Å². The van der Waals surface area contributed by atoms with Crippen LogP contribution in [-0.4, -0.2) is 105 Å². The van der Waals surface area contributed by atoms with Crippen molar-refractivity contribution in [3.8, 4) is 23.0 Å². The number of carbonyl (C=O) groups is 3. The van der Waals surface area contributed by atoms with E-state index in [4.69, 9.17) is 24.0 Å². The van der Waals surface area contributed by atoms with E-state index in [1.807, 2.05) is 5.01 Å². The number of anilines is 1. The lowest BCUT2D eigenvalue weighted by atomic mass is 9.78. The second-order valence-corrected chi connectivity index (χ2v) is 19.4. The molecule has 2 aromatic carbocycles. The molecule has 5 rings (SSSR count). The summed E-state index contributed by atoms with van der Waals surface area (Å²) in [4.78, 5) is 41.2. The molecule has 3 aliphatic heterocycles. The number of allylic oxidation sites excluding steroid dienone is 2. The Hall–Kier alpha value is -5.12. The van der Waals surface area contributed by atoms with Gasteiger partial charge in [0.25, 0.3) is 11.7 Å². The van der Waals surface area contributed by atoms with Gasteiger partial charge in [-0.15, -0.1) is 0 Å². The fourth-order valence-corrected chi connectivity index (χ4v) is 9.39. The number of ether oxygens (including phenoxy) is 4. The van der Waals surface area contributed by atoms with Crippen molar-refractivity contribution in [1.29, 1.82) is 0 Å². The number of nitrogens with one attached hydrogen (secondary N) is 1. The second-order valence-electron chi connectivity index (χ2n) is 19.4. The molecule has 0 radical (unpaired) electrons. The number of unbranched alkanes of at least 4 members (excludes halogenated alkanes) is 10. The van der Waals surface area contributed by atoms with Gasteiger partial charge in [0, 0.05) is 74.2 Å². The number of carbonyl (C=O) groups excluding carboxylic acids is 3. The lowest BCUT2D eigenvalue weighted by Gasteiger charge is -2.38. The first-order chi connectivity index (χ1) is 32.8. The van der Waals surface area contributed by atoms with E-state index in [2.05, 4.69) is 19.2 Å². The number of nitrogens with zero attached hydrogens (tertiary/aromatic N) is 2. The molecule has 9 unspecified atom stereocenters. The second kappa shape index (κ2) is 26.2. The highest BCUT2D eigenvalue weighted by Crippen LogP contribution is 2.55. The van der Waals surface area contributed by atoms with Gasteiger partial charge >= 0.3 is 11.8 Å². The zero-order valence-electron chi connectivity index (χ0n) is 43.0. The van der Waals surface area contributed by atoms with Gasteiger partial charge in [-0.3, -0.25) is 19.4 Å². The van der Waals surface area contributed by atoms with Gasteiger partial charge in [-0.2, -0.15) is 5.10 Å². The summed E-state index contributed by atoms with van der Waals surface area (Å²) in [6, 6.07) is 0. The quantitative estimate of drug-likeness (QED) is 0.0205. The lowest BCUT2D eigenvalue weighted by Crippen LogP contribution is -2.46. The van der Waals surface area contributed by atoms with Gasteiger partial charge in [0.05, 0.1) is 53.0 Å². The van der Waals surface area contributed by atoms with E-state index in [9.17, 15) is 39.9 Å². The molecule has 0 aromatic heterocycles. The van der Waals surface area contributed by atoms with Gasteiger partial charge in [-0.05, 0) is 32.8 Å². The van der Waals surface area contributed by atoms with E-state index < -0.39 is 88.8 Å². The standard InChI is InChI=1S/C54H81N3O12/c1-12-14-16-18-20-22-28-57(29-23-21-19-17-15-13-2)55-31-39-44-49(63)42-41(48(39)62)43-51(37(8)47(42)61)69-54(10,52(43)64)67-30-27-40(66-11)34(5)50(68-38(9)58)36(7)46(60)35(6)45(59)32(3)25-24-26-33(4)53(65)56-44/h24-27,30-32,34-36,40,45-46,50,59-63H,12-23,28-29H2,1-11H3,(H,56,65). The summed E-state index contributed by atoms with van der Waals surface area (Å²) in [7, 11) is 1.45. The summed E-state index contributed by atoms with van der Waals surface area (Å²) >= 11 is 0. The normalized spacial score (nSPS) is 25.8. The maximum absolute atomic E-state index is 14.7. The molecule has 0 aliphatic carbocycles. The summed E-state index contributed by atoms with van der Waals surface area (Å²) in [6.45, 7) is 18.3. The van der Waals surface area contributed by atoms with Crippen LogP contribution in [0, 0.1) is 30.6 Å². The number of phenols is 3. The zero-order chi connectivity index (χ0) is 51.2. The van der Waals surface area contributed by atoms with E-state index >= 15 is 0 Å². The molecular formula is C54H81N3O12. The summed E-state index contributed by atoms with van der Waals surface area (Å²) in [6.07, 6.45) is 18.0. The fraction of sp³-hybridized carbons (Fsp3) is 0.630. The van der Waals surface area contributed by atoms with Crippen LogP contribution >= 0.6 is 0 Å². The highest BCUT2D eigenvalue weighted by molar-refractivity contribution is 6.23. The first-order valence-electron chi connectivity index (χ1n) is 25.1. The Morgan fingerprint density at radius 3 is 2.00 bits per heavy atom. The van der Waals surface area contributed by atoms with Crippen LogP contribution in [0.25, 0.3) is 10.8 Å². The first kappa shape index (κ1) is 56.5. The number of fused-ring (bicyclic) bond motifs is 14. The molecule has 1 amide bonds. The number of methoxy groups -OCH3 is 1. The van der Waals surface area contributed by atoms with Gasteiger partial charge in [0.1, 0.15) is 23.4 Å². The van der Waals surface area contributed by atoms with Gasteiger partial charge in [-0.25, -0.2) is 0 Å². The number of aromatic hydroxyl groups is 3. The number of aliphatic hydroxyl groups excluding tert-OH is 2. The number of amides is 1. The molecule has 9 atom stereocenters. The number of Topliss-reactive ketones (excluding diaryl/α,β-unsaturated/α-hetero) is 1. The molecular weight excluding hydrogens is 883 g/mol. The maximum Gasteiger partial charge on any atom is 0.312 e. The number of hydrogen-bond donors (Lipinski definition) is 6. The van der Waals surface area contributed by atoms with Crippen LogP contribution in [0.2, 0.25) is 0 Å². The highest BCUT2D eigenvalue weighted by atomic mass is 16.7. The molecule has 5 bridgehead atoms. The van der Waals surface area contributed by atoms with Gasteiger partial charge < -0.3 is 49.8 Å². The SMILES string of the molecule is CCCCCCCCN(CCCCCCCC)N=Cc1c2c(O)c3c(O)c(C)c4c(c3c1O)C(=O)C(C)(OC=CC(OC)C(C)C(OC(C)=O)C(C)C(O)C(C)C(O)C(C)C=CC=C(C)C(=O)N2)O4. The predicted molar refractivity (Wildman–Crippen MR) is 270 cm³/mol. The monoisotopic (exact) mass is 964 g/mol. The molecule has 3 aliphatic rings. The first-order valence-corrected chi connectivity index (χ1v) is 25.1. The highest BCUT2D eigenvalue weighted by Gasteiger charge is 2.50. The van der Waals surface area contributed by atoms with Crippen molar-refractivity contribution in [2.24, 2.45) is 28.8 Å². The molecule has 384 valence electrons. The average Bonchev–Trinajstić information content (AvgIpc) is 3.58. The Morgan fingerprint density at radius 2 is 1.42 bits per heavy atom. The lowest BCUT2D eigenvalue weighted by molar-refractivity contribution is -0.160. The zero-order valence-corrected chi connectivity index (χ0v) is 43.0.